The lowest BCUT2D eigenvalue weighted by Crippen LogP contribution is -2.29. The van der Waals surface area contributed by atoms with Crippen LogP contribution in [0.5, 0.6) is 0 Å². The first-order valence-corrected chi connectivity index (χ1v) is 56.4. The number of hydrogen-bond donors (Lipinski definition) is 2. The number of esters is 4. The second-order valence-corrected chi connectivity index (χ2v) is 39.8. The Kier molecular flexibility index (Phi) is 95.2. The predicted octanol–water partition coefficient (Wildman–Crippen LogP) is 32.3. The second-order valence-electron chi connectivity index (χ2n) is 39.8. The molecule has 0 aromatic carbocycles. The molecule has 0 aliphatic heterocycles. The van der Waals surface area contributed by atoms with Gasteiger partial charge in [-0.25, -0.2) is 0 Å². The second kappa shape index (κ2) is 97.8. The maximum atomic E-state index is 13.9. The van der Waals surface area contributed by atoms with E-state index in [4.69, 9.17) is 18.9 Å². The van der Waals surface area contributed by atoms with Crippen LogP contribution in [0.15, 0.2) is 0 Å². The Hall–Kier alpha value is -3.26. The molecule has 6 atom stereocenters. The van der Waals surface area contributed by atoms with E-state index in [-0.39, 0.29) is 35.7 Å². The Morgan fingerprint density at radius 1 is 0.198 bits per heavy atom. The lowest BCUT2D eigenvalue weighted by molar-refractivity contribution is -0.146. The molecular weight excluding hydrogens is 1560 g/mol. The summed E-state index contributed by atoms with van der Waals surface area (Å²) < 4.78 is 24.7. The number of nitrogens with one attached hydrogen (secondary N) is 2. The summed E-state index contributed by atoms with van der Waals surface area (Å²) in [5, 5.41) is 6.38. The van der Waals surface area contributed by atoms with E-state index in [0.29, 0.717) is 100 Å². The minimum Gasteiger partial charge on any atom is -0.465 e. The van der Waals surface area contributed by atoms with Gasteiger partial charge in [-0.2, -0.15) is 0 Å². The number of carbonyl (C=O) groups excluding carboxylic acids is 6. The Morgan fingerprint density at radius 2 is 0.413 bits per heavy atom. The molecule has 0 radical (unpaired) electrons. The molecule has 0 rings (SSSR count). The third-order valence-electron chi connectivity index (χ3n) is 27.4. The number of ether oxygens (including phenoxy) is 4. The first-order valence-electron chi connectivity index (χ1n) is 56.4. The van der Waals surface area contributed by atoms with E-state index < -0.39 is 0 Å². The van der Waals surface area contributed by atoms with E-state index in [9.17, 15) is 28.8 Å². The van der Waals surface area contributed by atoms with Crippen molar-refractivity contribution in [3.8, 4) is 0 Å². The minimum atomic E-state index is -0.0608. The van der Waals surface area contributed by atoms with Crippen molar-refractivity contribution in [2.45, 2.75) is 570 Å². The summed E-state index contributed by atoms with van der Waals surface area (Å²) in [5.74, 6) is 2.79. The van der Waals surface area contributed by atoms with Gasteiger partial charge in [-0.1, -0.05) is 397 Å². The molecule has 14 nitrogen and oxygen atoms in total. The molecule has 0 aliphatic rings. The maximum Gasteiger partial charge on any atom is 0.305 e. The van der Waals surface area contributed by atoms with E-state index in [1.54, 1.807) is 0 Å². The van der Waals surface area contributed by atoms with Crippen LogP contribution < -0.4 is 10.6 Å². The lowest BCUT2D eigenvalue weighted by Gasteiger charge is -2.33. The average molecular weight is 1780 g/mol. The number of carbonyl (C=O) groups is 6. The van der Waals surface area contributed by atoms with Crippen LogP contribution in [-0.2, 0) is 47.7 Å². The van der Waals surface area contributed by atoms with Crippen LogP contribution in [-0.4, -0.2) is 124 Å². The van der Waals surface area contributed by atoms with E-state index in [1.165, 1.54) is 308 Å². The number of rotatable bonds is 103. The molecule has 2 amide bonds. The van der Waals surface area contributed by atoms with Crippen LogP contribution in [0.3, 0.4) is 0 Å². The highest BCUT2D eigenvalue weighted by molar-refractivity contribution is 5.76. The number of amides is 2. The van der Waals surface area contributed by atoms with Gasteiger partial charge in [0.1, 0.15) is 0 Å². The molecule has 0 saturated carbocycles. The molecule has 746 valence electrons. The van der Waals surface area contributed by atoms with Crippen LogP contribution in [0.4, 0.5) is 0 Å². The summed E-state index contributed by atoms with van der Waals surface area (Å²) in [5.41, 5.74) is 0. The summed E-state index contributed by atoms with van der Waals surface area (Å²) in [6, 6.07) is 0. The zero-order valence-corrected chi connectivity index (χ0v) is 86.1. The van der Waals surface area contributed by atoms with Crippen LogP contribution in [0.1, 0.15) is 570 Å². The maximum absolute atomic E-state index is 13.9. The summed E-state index contributed by atoms with van der Waals surface area (Å²) >= 11 is 0. The summed E-state index contributed by atoms with van der Waals surface area (Å²) in [7, 11) is 0. The molecule has 0 aromatic heterocycles. The topological polar surface area (TPSA) is 170 Å². The fourth-order valence-electron chi connectivity index (χ4n) is 19.0. The van der Waals surface area contributed by atoms with Gasteiger partial charge >= 0.3 is 23.9 Å². The first-order chi connectivity index (χ1) is 61.7. The first kappa shape index (κ1) is 123. The quantitative estimate of drug-likeness (QED) is 0.0336. The van der Waals surface area contributed by atoms with Crippen molar-refractivity contribution in [2.24, 2.45) is 35.5 Å². The molecule has 2 N–H and O–H groups in total. The Labute approximate surface area is 783 Å². The van der Waals surface area contributed by atoms with Crippen molar-refractivity contribution in [3.05, 3.63) is 0 Å². The zero-order chi connectivity index (χ0) is 92.0. The third kappa shape index (κ3) is 85.0. The van der Waals surface area contributed by atoms with Gasteiger partial charge in [0, 0.05) is 51.6 Å². The standard InChI is InChI=1S/C112H218N4O10/c1-11-21-30-38-44-56-76-101(74-54-36-27-17-7)97-123-109(119)83-60-50-67-89-115(93-71-64-81-107(117)113-87-65-48-42-34-25-15-5)90-68-51-62-85-112(122)126-100-104(79-59-47-41-33-24-14-4)96-106(80-29-19-9)105(73-20-10)95-103(78-58-46-40-32-23-13-3)99-125-111(121)86-63-53-70-92-116(94-72-82-108(118)114-88-66-49-43-35-26-16-6)91-69-52-61-84-110(120)124-98-102(75-55-37-28-18-8)77-57-45-39-31-22-12-2/h101-106H,11-100H2,1-10H3,(H,113,117)(H,114,118). The molecule has 0 aliphatic carbocycles. The van der Waals surface area contributed by atoms with Gasteiger partial charge in [-0.15, -0.1) is 0 Å². The highest BCUT2D eigenvalue weighted by Crippen LogP contribution is 2.37. The minimum absolute atomic E-state index is 0.0353. The Bertz CT molecular complexity index is 2320. The molecule has 6 unspecified atom stereocenters. The van der Waals surface area contributed by atoms with Crippen LogP contribution in [0.25, 0.3) is 0 Å². The van der Waals surface area contributed by atoms with Gasteiger partial charge in [-0.3, -0.25) is 28.8 Å². The van der Waals surface area contributed by atoms with Gasteiger partial charge in [0.05, 0.1) is 26.4 Å². The van der Waals surface area contributed by atoms with Gasteiger partial charge in [-0.05, 0) is 210 Å². The van der Waals surface area contributed by atoms with E-state index in [1.807, 2.05) is 0 Å². The van der Waals surface area contributed by atoms with Gasteiger partial charge in [0.15, 0.2) is 0 Å². The Balaban J connectivity index is 6.15. The molecule has 0 fully saturated rings. The summed E-state index contributed by atoms with van der Waals surface area (Å²) in [4.78, 5) is 85.0. The highest BCUT2D eigenvalue weighted by atomic mass is 16.5. The zero-order valence-electron chi connectivity index (χ0n) is 86.1. The molecule has 0 aromatic rings. The normalized spacial score (nSPS) is 13.1. The monoisotopic (exact) mass is 1780 g/mol. The predicted molar refractivity (Wildman–Crippen MR) is 541 cm³/mol. The van der Waals surface area contributed by atoms with Gasteiger partial charge < -0.3 is 39.4 Å². The van der Waals surface area contributed by atoms with Crippen molar-refractivity contribution in [2.75, 3.05) is 78.8 Å². The highest BCUT2D eigenvalue weighted by Gasteiger charge is 2.29. The summed E-state index contributed by atoms with van der Waals surface area (Å²) in [6.45, 7) is 32.2. The van der Waals surface area contributed by atoms with Crippen molar-refractivity contribution < 1.29 is 47.7 Å². The van der Waals surface area contributed by atoms with Crippen molar-refractivity contribution >= 4 is 35.7 Å². The van der Waals surface area contributed by atoms with E-state index >= 15 is 0 Å². The average Bonchev–Trinajstić information content (AvgIpc) is 0.874. The van der Waals surface area contributed by atoms with E-state index in [2.05, 4.69) is 89.7 Å². The molecule has 14 heteroatoms. The van der Waals surface area contributed by atoms with Crippen molar-refractivity contribution in [3.63, 3.8) is 0 Å². The smallest absolute Gasteiger partial charge is 0.305 e. The lowest BCUT2D eigenvalue weighted by atomic mass is 9.74. The van der Waals surface area contributed by atoms with E-state index in [0.717, 1.165) is 206 Å². The van der Waals surface area contributed by atoms with Crippen molar-refractivity contribution in [1.82, 2.24) is 20.4 Å². The van der Waals surface area contributed by atoms with Crippen LogP contribution in [0.2, 0.25) is 0 Å². The fraction of sp³-hybridized carbons (Fsp3) is 0.946. The SMILES string of the molecule is CCCCCCCCNC(=O)CCCCN(CCCCCC(=O)OCC(CCCCCC)CCCCCCCC)CCCCCC(=O)OCC(CCCCCCCC)CC(CCCC)C(CCC)CC(CCCCCCCC)COC(=O)CCCCCN(CCCCCC(=O)OCC(CCCCCC)CCCCCCCC)CCCC(=O)NCCCCCCCC. The molecule has 0 spiro atoms. The molecule has 126 heavy (non-hydrogen) atoms. The number of unbranched alkanes of at least 4 members (excludes halogenated alkanes) is 46. The fourth-order valence-corrected chi connectivity index (χ4v) is 19.0. The van der Waals surface area contributed by atoms with Crippen LogP contribution in [0, 0.1) is 35.5 Å². The molecular formula is C112H218N4O10. The number of nitrogens with zero attached hydrogens (tertiary/aromatic N) is 2. The Morgan fingerprint density at radius 3 is 0.706 bits per heavy atom. The molecule has 0 bridgehead atoms. The third-order valence-corrected chi connectivity index (χ3v) is 27.4. The van der Waals surface area contributed by atoms with Gasteiger partial charge in [0.2, 0.25) is 11.8 Å². The molecule has 0 heterocycles. The van der Waals surface area contributed by atoms with Crippen molar-refractivity contribution in [1.29, 1.82) is 0 Å². The molecule has 0 saturated heterocycles. The van der Waals surface area contributed by atoms with Gasteiger partial charge in [0.25, 0.3) is 0 Å². The van der Waals surface area contributed by atoms with Crippen LogP contribution >= 0.6 is 0 Å². The number of hydrogen-bond acceptors (Lipinski definition) is 12. The largest absolute Gasteiger partial charge is 0.465 e. The summed E-state index contributed by atoms with van der Waals surface area (Å²) in [6.07, 6.45) is 86.9.